The van der Waals surface area contributed by atoms with E-state index in [9.17, 15) is 14.9 Å². The van der Waals surface area contributed by atoms with Crippen LogP contribution in [0.15, 0.2) is 83.2 Å². The Hall–Kier alpha value is -6.21. The van der Waals surface area contributed by atoms with Crippen molar-refractivity contribution in [3.05, 3.63) is 100 Å². The van der Waals surface area contributed by atoms with E-state index in [4.69, 9.17) is 29.7 Å². The molecule has 1 aliphatic carbocycles. The number of primary amides is 1. The van der Waals surface area contributed by atoms with Crippen molar-refractivity contribution in [2.75, 3.05) is 67.8 Å². The van der Waals surface area contributed by atoms with Gasteiger partial charge in [-0.05, 0) is 112 Å². The van der Waals surface area contributed by atoms with Gasteiger partial charge in [-0.2, -0.15) is 4.98 Å². The van der Waals surface area contributed by atoms with E-state index in [0.29, 0.717) is 55.4 Å². The number of nitrogens with one attached hydrogen (secondary N) is 2. The van der Waals surface area contributed by atoms with Gasteiger partial charge in [0.05, 0.1) is 52.1 Å². The molecular weight excluding hydrogens is 913 g/mol. The number of H-pyrrole nitrogens is 1. The number of anilines is 4. The van der Waals surface area contributed by atoms with Crippen molar-refractivity contribution in [1.82, 2.24) is 14.9 Å². The molecule has 3 aromatic carbocycles. The third kappa shape index (κ3) is 7.47. The predicted molar refractivity (Wildman–Crippen MR) is 264 cm³/mol. The van der Waals surface area contributed by atoms with E-state index >= 15 is 8.42 Å². The van der Waals surface area contributed by atoms with E-state index in [0.717, 1.165) is 74.9 Å². The minimum atomic E-state index is -4.76. The minimum Gasteiger partial charge on any atom is -0.489 e. The van der Waals surface area contributed by atoms with Crippen LogP contribution < -0.4 is 30.3 Å². The van der Waals surface area contributed by atoms with Crippen LogP contribution in [0, 0.1) is 21.4 Å². The molecule has 5 fully saturated rings. The van der Waals surface area contributed by atoms with E-state index in [1.807, 2.05) is 12.1 Å². The lowest BCUT2D eigenvalue weighted by atomic mass is 9.59. The summed E-state index contributed by atoms with van der Waals surface area (Å²) in [5, 5.41) is 17.1. The molecule has 0 unspecified atom stereocenters. The molecule has 4 N–H and O–H groups in total. The number of aromatic nitrogens is 2. The Bertz CT molecular complexity index is 3050. The minimum absolute atomic E-state index is 0.0385. The molecule has 4 atom stereocenters. The number of nitro benzene ring substituents is 1. The van der Waals surface area contributed by atoms with Crippen molar-refractivity contribution in [1.29, 1.82) is 0 Å². The number of likely N-dealkylation sites (tertiary alicyclic amines) is 1. The maximum atomic E-state index is 16.1. The molecule has 8 heterocycles. The SMILES string of the molecule is C=C(C)c1ccccc1[C@@H]1CCCN1C1CC2(CCN(c3ccc(C(N)=O)c(N4c5cc6cc[nH]c6nc5O[C@@H]5COC[C@@H]54)c3S(=O)(=O)c3cc4c(c([N+](=O)[O-])c3)N[C@@H](C3CCOCC3)CO4)CC2)C1. The number of hydrogen-bond donors (Lipinski definition) is 3. The number of aromatic amines is 1. The topological polar surface area (TPSA) is 208 Å². The highest BCUT2D eigenvalue weighted by Gasteiger charge is 2.51. The second kappa shape index (κ2) is 17.3. The maximum Gasteiger partial charge on any atom is 0.297 e. The Morgan fingerprint density at radius 3 is 2.53 bits per heavy atom. The summed E-state index contributed by atoms with van der Waals surface area (Å²) in [6.07, 6.45) is 8.76. The number of pyridine rings is 1. The number of ether oxygens (including phenoxy) is 4. The van der Waals surface area contributed by atoms with Crippen LogP contribution in [-0.4, -0.2) is 111 Å². The zero-order valence-electron chi connectivity index (χ0n) is 39.2. The number of amides is 1. The Labute approximate surface area is 406 Å². The third-order valence-electron chi connectivity index (χ3n) is 16.4. The van der Waals surface area contributed by atoms with Crippen molar-refractivity contribution in [2.24, 2.45) is 17.1 Å². The number of carbonyl (C=O) groups is 1. The summed E-state index contributed by atoms with van der Waals surface area (Å²) >= 11 is 0. The molecule has 1 spiro atoms. The number of piperidine rings is 1. The molecule has 18 heteroatoms. The molecule has 7 aliphatic rings. The molecule has 366 valence electrons. The van der Waals surface area contributed by atoms with E-state index in [1.165, 1.54) is 17.2 Å². The molecule has 0 bridgehead atoms. The van der Waals surface area contributed by atoms with E-state index in [1.54, 1.807) is 23.2 Å². The highest BCUT2D eigenvalue weighted by Crippen LogP contribution is 2.56. The maximum absolute atomic E-state index is 16.1. The molecule has 6 aliphatic heterocycles. The highest BCUT2D eigenvalue weighted by molar-refractivity contribution is 7.91. The number of rotatable bonds is 10. The summed E-state index contributed by atoms with van der Waals surface area (Å²) in [6, 6.07) is 18.1. The number of hydrogen-bond acceptors (Lipinski definition) is 14. The second-order valence-electron chi connectivity index (χ2n) is 20.4. The third-order valence-corrected chi connectivity index (χ3v) is 18.2. The average molecular weight is 971 g/mol. The van der Waals surface area contributed by atoms with Crippen molar-refractivity contribution in [3.8, 4) is 11.6 Å². The number of nitro groups is 1. The molecule has 70 heavy (non-hydrogen) atoms. The molecular formula is C52H58N8O9S. The standard InChI is InChI=1S/C52H58N8O9S/c1-30(2)35-6-3-4-7-36(35)39-8-5-17-58(39)33-25-52(26-33)14-18-57(19-15-52)40-10-9-37(49(53)61)47(59-42-22-32-11-16-54-50(32)56-51(42)69-45-29-67-28-43(45)59)48(40)70(64,65)34-23-41(60(62)63)46-44(24-34)68-27-38(55-46)31-12-20-66-21-13-31/h3-4,6-7,9-11,16,22-24,31,33,38-39,43,45,55H,1,5,8,12-15,17-21,25-29H2,2H3,(H2,53,61)(H,54,56)/t38-,39+,43+,45-/m1/s1. The van der Waals surface area contributed by atoms with Gasteiger partial charge in [0, 0.05) is 62.1 Å². The molecule has 17 nitrogen and oxygen atoms in total. The summed E-state index contributed by atoms with van der Waals surface area (Å²) < 4.78 is 56.4. The van der Waals surface area contributed by atoms with Gasteiger partial charge in [-0.15, -0.1) is 0 Å². The van der Waals surface area contributed by atoms with Crippen LogP contribution in [-0.2, 0) is 19.3 Å². The summed E-state index contributed by atoms with van der Waals surface area (Å²) in [5.74, 6) is -0.390. The Morgan fingerprint density at radius 2 is 1.76 bits per heavy atom. The molecule has 5 aromatic rings. The van der Waals surface area contributed by atoms with Crippen LogP contribution in [0.4, 0.5) is 28.4 Å². The molecule has 1 saturated carbocycles. The van der Waals surface area contributed by atoms with Crippen molar-refractivity contribution in [3.63, 3.8) is 0 Å². The first-order valence-electron chi connectivity index (χ1n) is 24.7. The van der Waals surface area contributed by atoms with Gasteiger partial charge in [0.2, 0.25) is 15.7 Å². The fourth-order valence-electron chi connectivity index (χ4n) is 12.8. The summed E-state index contributed by atoms with van der Waals surface area (Å²) in [4.78, 5) is 40.3. The smallest absolute Gasteiger partial charge is 0.297 e. The number of benzene rings is 3. The summed E-state index contributed by atoms with van der Waals surface area (Å²) in [6.45, 7) is 10.2. The number of allylic oxidation sites excluding steroid dienone is 1. The van der Waals surface area contributed by atoms with Crippen molar-refractivity contribution in [2.45, 2.75) is 98.4 Å². The van der Waals surface area contributed by atoms with Crippen LogP contribution >= 0.6 is 0 Å². The number of sulfone groups is 1. The first-order chi connectivity index (χ1) is 33.9. The Kier molecular flexibility index (Phi) is 11.1. The Morgan fingerprint density at radius 1 is 0.957 bits per heavy atom. The summed E-state index contributed by atoms with van der Waals surface area (Å²) in [5.41, 5.74) is 11.1. The molecule has 1 amide bonds. The lowest BCUT2D eigenvalue weighted by Gasteiger charge is -2.56. The lowest BCUT2D eigenvalue weighted by molar-refractivity contribution is -0.384. The van der Waals surface area contributed by atoms with Gasteiger partial charge in [-0.1, -0.05) is 36.4 Å². The number of nitrogens with zero attached hydrogens (tertiary/aromatic N) is 5. The quantitative estimate of drug-likeness (QED) is 0.0898. The van der Waals surface area contributed by atoms with Crippen LogP contribution in [0.1, 0.15) is 85.8 Å². The van der Waals surface area contributed by atoms with Gasteiger partial charge >= 0.3 is 0 Å². The predicted octanol–water partition coefficient (Wildman–Crippen LogP) is 7.92. The summed E-state index contributed by atoms with van der Waals surface area (Å²) in [7, 11) is -4.76. The van der Waals surface area contributed by atoms with Crippen molar-refractivity contribution >= 4 is 60.8 Å². The normalized spacial score (nSPS) is 24.5. The number of nitrogens with two attached hydrogens (primary N) is 1. The molecule has 0 radical (unpaired) electrons. The lowest BCUT2D eigenvalue weighted by Crippen LogP contribution is -2.55. The first-order valence-corrected chi connectivity index (χ1v) is 26.1. The largest absolute Gasteiger partial charge is 0.489 e. The fraction of sp³-hybridized carbons (Fsp3) is 0.462. The van der Waals surface area contributed by atoms with E-state index in [-0.39, 0.29) is 75.6 Å². The zero-order chi connectivity index (χ0) is 48.1. The van der Waals surface area contributed by atoms with Crippen LogP contribution in [0.2, 0.25) is 0 Å². The van der Waals surface area contributed by atoms with Gasteiger partial charge in [-0.25, -0.2) is 8.42 Å². The average Bonchev–Trinajstić information content (AvgIpc) is 4.15. The van der Waals surface area contributed by atoms with Gasteiger partial charge in [0.15, 0.2) is 11.4 Å². The highest BCUT2D eigenvalue weighted by atomic mass is 32.2. The van der Waals surface area contributed by atoms with Gasteiger partial charge in [0.25, 0.3) is 11.6 Å². The fourth-order valence-corrected chi connectivity index (χ4v) is 14.5. The van der Waals surface area contributed by atoms with Crippen LogP contribution in [0.3, 0.4) is 0 Å². The van der Waals surface area contributed by atoms with Gasteiger partial charge in [0.1, 0.15) is 28.9 Å². The zero-order valence-corrected chi connectivity index (χ0v) is 40.0. The van der Waals surface area contributed by atoms with E-state index < -0.39 is 38.5 Å². The van der Waals surface area contributed by atoms with Crippen LogP contribution in [0.5, 0.6) is 11.6 Å². The van der Waals surface area contributed by atoms with Crippen LogP contribution in [0.25, 0.3) is 16.6 Å². The molecule has 12 rings (SSSR count). The first kappa shape index (κ1) is 45.0. The Balaban J connectivity index is 0.944. The number of fused-ring (bicyclic) bond motifs is 4. The van der Waals surface area contributed by atoms with Gasteiger partial charge < -0.3 is 44.8 Å². The van der Waals surface area contributed by atoms with Gasteiger partial charge in [-0.3, -0.25) is 19.8 Å². The number of carbonyl (C=O) groups excluding carboxylic acids is 1. The van der Waals surface area contributed by atoms with E-state index in [2.05, 4.69) is 57.9 Å². The molecule has 2 aromatic heterocycles. The van der Waals surface area contributed by atoms with Crippen molar-refractivity contribution < 1.29 is 37.1 Å². The second-order valence-corrected chi connectivity index (χ2v) is 22.3. The monoisotopic (exact) mass is 970 g/mol. The molecule has 4 saturated heterocycles.